The molecule has 4 rings (SSSR count). The highest BCUT2D eigenvalue weighted by molar-refractivity contribution is 7.86. The number of para-hydroxylation sites is 1. The molecule has 0 aliphatic carbocycles. The number of hydrogen-bond donors (Lipinski definition) is 0. The fourth-order valence-corrected chi connectivity index (χ4v) is 5.11. The van der Waals surface area contributed by atoms with Gasteiger partial charge in [-0.15, -0.1) is 0 Å². The number of benzene rings is 4. The van der Waals surface area contributed by atoms with Crippen molar-refractivity contribution in [2.45, 2.75) is 17.9 Å². The maximum absolute atomic E-state index is 5.23. The lowest BCUT2D eigenvalue weighted by Gasteiger charge is -2.11. The molecule has 3 heteroatoms. The Morgan fingerprint density at radius 1 is 0.516 bits per heavy atom. The number of hydrogen-bond acceptors (Lipinski definition) is 1. The van der Waals surface area contributed by atoms with Gasteiger partial charge in [-0.05, 0) is 28.8 Å². The van der Waals surface area contributed by atoms with E-state index in [1.807, 2.05) is 36.4 Å². The Balaban J connectivity index is 1.70. The number of nitrogens with zero attached hydrogens (tertiary/aromatic N) is 2. The summed E-state index contributed by atoms with van der Waals surface area (Å²) in [4.78, 5) is 4.93. The number of aliphatic imine (C=N–C) groups is 1. The summed E-state index contributed by atoms with van der Waals surface area (Å²) in [7, 11) is -0.210. The average molecular weight is 423 g/mol. The van der Waals surface area contributed by atoms with Crippen molar-refractivity contribution in [1.82, 2.24) is 0 Å². The molecule has 154 valence electrons. The molecular formula is C28H26N2S. The molecule has 31 heavy (non-hydrogen) atoms. The van der Waals surface area contributed by atoms with E-state index in [2.05, 4.69) is 84.9 Å². The predicted molar refractivity (Wildman–Crippen MR) is 134 cm³/mol. The Kier molecular flexibility index (Phi) is 7.56. The molecule has 0 amide bonds. The Hall–Kier alpha value is -3.30. The van der Waals surface area contributed by atoms with E-state index in [1.54, 1.807) is 0 Å². The first kappa shape index (κ1) is 21.0. The molecule has 0 heterocycles. The van der Waals surface area contributed by atoms with Crippen LogP contribution in [-0.2, 0) is 28.6 Å². The van der Waals surface area contributed by atoms with Crippen LogP contribution in [0.1, 0.15) is 16.7 Å². The Morgan fingerprint density at radius 3 is 1.42 bits per heavy atom. The van der Waals surface area contributed by atoms with Crippen LogP contribution in [0.25, 0.3) is 0 Å². The molecule has 0 aliphatic rings. The molecule has 0 aliphatic heterocycles. The summed E-state index contributed by atoms with van der Waals surface area (Å²) in [5.41, 5.74) is 4.79. The van der Waals surface area contributed by atoms with Crippen LogP contribution in [0.2, 0.25) is 0 Å². The SMILES string of the molecule is c1ccc(CC(=Nc2ccccc2)N=S(Cc2ccccc2)Cc2ccccc2)cc1. The summed E-state index contributed by atoms with van der Waals surface area (Å²) in [5.74, 6) is 2.71. The second kappa shape index (κ2) is 11.2. The van der Waals surface area contributed by atoms with Gasteiger partial charge in [0, 0.05) is 17.9 Å². The van der Waals surface area contributed by atoms with Crippen molar-refractivity contribution in [3.8, 4) is 0 Å². The van der Waals surface area contributed by atoms with E-state index in [9.17, 15) is 0 Å². The second-order valence-corrected chi connectivity index (χ2v) is 9.02. The fourth-order valence-electron chi connectivity index (χ4n) is 3.32. The van der Waals surface area contributed by atoms with E-state index in [4.69, 9.17) is 9.36 Å². The van der Waals surface area contributed by atoms with Gasteiger partial charge in [0.1, 0.15) is 5.84 Å². The zero-order chi connectivity index (χ0) is 21.1. The molecular weight excluding hydrogens is 396 g/mol. The molecule has 0 saturated heterocycles. The first-order chi connectivity index (χ1) is 15.3. The molecule has 0 aromatic heterocycles. The highest BCUT2D eigenvalue weighted by Gasteiger charge is 2.07. The standard InChI is InChI=1S/C28H26N2S/c1-5-13-24(14-6-1)21-28(29-27-19-11-4-12-20-27)30-31(22-25-15-7-2-8-16-25)23-26-17-9-3-10-18-26/h1-20H,21-23H2. The second-order valence-electron chi connectivity index (χ2n) is 7.34. The summed E-state index contributed by atoms with van der Waals surface area (Å²) in [5, 5.41) is 0. The highest BCUT2D eigenvalue weighted by Crippen LogP contribution is 2.16. The molecule has 0 fully saturated rings. The molecule has 0 N–H and O–H groups in total. The van der Waals surface area contributed by atoms with E-state index < -0.39 is 0 Å². The Labute approximate surface area is 187 Å². The quantitative estimate of drug-likeness (QED) is 0.223. The zero-order valence-corrected chi connectivity index (χ0v) is 18.3. The molecule has 0 radical (unpaired) electrons. The van der Waals surface area contributed by atoms with Crippen molar-refractivity contribution in [3.63, 3.8) is 0 Å². The fraction of sp³-hybridized carbons (Fsp3) is 0.107. The lowest BCUT2D eigenvalue weighted by molar-refractivity contribution is 1.27. The number of amidine groups is 1. The van der Waals surface area contributed by atoms with E-state index in [1.165, 1.54) is 16.7 Å². The van der Waals surface area contributed by atoms with E-state index in [-0.39, 0.29) is 10.7 Å². The van der Waals surface area contributed by atoms with E-state index in [0.717, 1.165) is 29.4 Å². The smallest absolute Gasteiger partial charge is 0.140 e. The maximum Gasteiger partial charge on any atom is 0.140 e. The van der Waals surface area contributed by atoms with Gasteiger partial charge in [0.25, 0.3) is 0 Å². The van der Waals surface area contributed by atoms with Crippen molar-refractivity contribution >= 4 is 22.2 Å². The van der Waals surface area contributed by atoms with Gasteiger partial charge in [0.2, 0.25) is 0 Å². The molecule has 0 spiro atoms. The Morgan fingerprint density at radius 2 is 0.935 bits per heavy atom. The molecule has 2 nitrogen and oxygen atoms in total. The molecule has 0 atom stereocenters. The van der Waals surface area contributed by atoms with Crippen LogP contribution in [0.15, 0.2) is 131 Å². The van der Waals surface area contributed by atoms with Crippen LogP contribution in [0.3, 0.4) is 0 Å². The molecule has 4 aromatic carbocycles. The number of rotatable bonds is 7. The average Bonchev–Trinajstić information content (AvgIpc) is 2.82. The van der Waals surface area contributed by atoms with E-state index in [0.29, 0.717) is 0 Å². The van der Waals surface area contributed by atoms with Gasteiger partial charge in [0.15, 0.2) is 0 Å². The first-order valence-corrected chi connectivity index (χ1v) is 12.0. The van der Waals surface area contributed by atoms with Gasteiger partial charge >= 0.3 is 0 Å². The van der Waals surface area contributed by atoms with Gasteiger partial charge in [0.05, 0.1) is 5.69 Å². The largest absolute Gasteiger partial charge is 0.233 e. The van der Waals surface area contributed by atoms with Crippen molar-refractivity contribution in [3.05, 3.63) is 138 Å². The molecule has 0 saturated carbocycles. The lowest BCUT2D eigenvalue weighted by atomic mass is 10.1. The van der Waals surface area contributed by atoms with Crippen molar-refractivity contribution in [2.24, 2.45) is 9.36 Å². The van der Waals surface area contributed by atoms with E-state index >= 15 is 0 Å². The molecule has 0 bridgehead atoms. The third kappa shape index (κ3) is 6.87. The molecule has 0 unspecified atom stereocenters. The monoisotopic (exact) mass is 422 g/mol. The normalized spacial score (nSPS) is 11.5. The summed E-state index contributed by atoms with van der Waals surface area (Å²) in [6.07, 6.45) is 0.725. The van der Waals surface area contributed by atoms with Crippen LogP contribution in [-0.4, -0.2) is 5.84 Å². The van der Waals surface area contributed by atoms with Crippen LogP contribution in [0.4, 0.5) is 5.69 Å². The van der Waals surface area contributed by atoms with Gasteiger partial charge < -0.3 is 0 Å². The summed E-state index contributed by atoms with van der Waals surface area (Å²) in [6.45, 7) is 0. The first-order valence-electron chi connectivity index (χ1n) is 10.5. The van der Waals surface area contributed by atoms with Crippen molar-refractivity contribution < 1.29 is 0 Å². The van der Waals surface area contributed by atoms with Crippen LogP contribution >= 0.6 is 0 Å². The third-order valence-corrected chi connectivity index (χ3v) is 6.61. The minimum Gasteiger partial charge on any atom is -0.233 e. The van der Waals surface area contributed by atoms with Gasteiger partial charge in [-0.1, -0.05) is 120 Å². The van der Waals surface area contributed by atoms with Crippen molar-refractivity contribution in [1.29, 1.82) is 0 Å². The minimum absolute atomic E-state index is 0.210. The lowest BCUT2D eigenvalue weighted by Crippen LogP contribution is -2.06. The third-order valence-electron chi connectivity index (χ3n) is 4.81. The topological polar surface area (TPSA) is 24.7 Å². The van der Waals surface area contributed by atoms with Gasteiger partial charge in [-0.2, -0.15) is 0 Å². The summed E-state index contributed by atoms with van der Waals surface area (Å²) >= 11 is 0. The van der Waals surface area contributed by atoms with Crippen LogP contribution < -0.4 is 0 Å². The highest BCUT2D eigenvalue weighted by atomic mass is 32.2. The van der Waals surface area contributed by atoms with Crippen LogP contribution in [0.5, 0.6) is 0 Å². The zero-order valence-electron chi connectivity index (χ0n) is 17.5. The Bertz CT molecular complexity index is 1080. The van der Waals surface area contributed by atoms with Crippen molar-refractivity contribution in [2.75, 3.05) is 0 Å². The predicted octanol–water partition coefficient (Wildman–Crippen LogP) is 7.16. The summed E-state index contributed by atoms with van der Waals surface area (Å²) < 4.78 is 5.23. The maximum atomic E-state index is 5.23. The summed E-state index contributed by atoms with van der Waals surface area (Å²) in [6, 6.07) is 41.9. The molecule has 4 aromatic rings. The van der Waals surface area contributed by atoms with Gasteiger partial charge in [-0.25, -0.2) is 9.36 Å². The van der Waals surface area contributed by atoms with Crippen LogP contribution in [0, 0.1) is 0 Å². The van der Waals surface area contributed by atoms with Gasteiger partial charge in [-0.3, -0.25) is 0 Å². The minimum atomic E-state index is -0.210.